The van der Waals surface area contributed by atoms with Crippen LogP contribution in [0.25, 0.3) is 11.3 Å². The number of alkyl halides is 6. The first kappa shape index (κ1) is 45.8. The topological polar surface area (TPSA) is 183 Å². The van der Waals surface area contributed by atoms with Crippen LogP contribution in [0.3, 0.4) is 0 Å². The van der Waals surface area contributed by atoms with E-state index < -0.39 is 49.0 Å². The molecule has 20 heteroatoms. The third-order valence-corrected chi connectivity index (χ3v) is 11.7. The number of amides is 4. The first-order valence-corrected chi connectivity index (χ1v) is 19.9. The largest absolute Gasteiger partial charge is 0.453 e. The molecule has 3 aromatic rings. The van der Waals surface area contributed by atoms with Gasteiger partial charge in [0.15, 0.2) is 0 Å². The lowest BCUT2D eigenvalue weighted by Crippen LogP contribution is -2.50. The number of ether oxygens (including phenoxy) is 2. The van der Waals surface area contributed by atoms with Crippen molar-refractivity contribution in [2.75, 3.05) is 33.9 Å². The highest BCUT2D eigenvalue weighted by atomic mass is 19.4. The standard InChI is InChI=1S/C38H49F3N8O6.C2H3F3/c1-54-34(52)45-23-31(50)42-18-4-3-7-30-43-21-27(46-30)24-8-10-25(11-9-24)36-12-15-37(16-13-36,17-14-36)29-22-44-32(48-29)28-6-5-19-49(28)33(51)26(20-38(39,40)41)47-35(53)55-2;1-2(3,4)5/h8-11,21-22,26,28H,3-7,12-20,23H2,1-2H3,(H,42,50)(H,43,46)(H,44,48)(H,45,52)(H,47,53);1H3. The Morgan fingerprint density at radius 1 is 0.867 bits per heavy atom. The maximum atomic E-state index is 13.4. The lowest BCUT2D eigenvalue weighted by Gasteiger charge is -2.53. The third-order valence-electron chi connectivity index (χ3n) is 11.7. The number of H-pyrrole nitrogens is 2. The number of nitrogens with one attached hydrogen (secondary N) is 5. The SMILES string of the molecule is CC(F)(F)F.COC(=O)NCC(=O)NCCCCc1ncc(-c2ccc(C34CCC(c5cnc(C6CCCN6C(=O)C(CC(F)(F)F)NC(=O)OC)[nH]5)(CC3)CC4)cc2)[nH]1. The highest BCUT2D eigenvalue weighted by Crippen LogP contribution is 2.58. The highest BCUT2D eigenvalue weighted by molar-refractivity contribution is 5.86. The maximum Gasteiger partial charge on any atom is 0.407 e. The molecule has 1 saturated heterocycles. The maximum absolute atomic E-state index is 13.4. The number of aromatic nitrogens is 4. The summed E-state index contributed by atoms with van der Waals surface area (Å²) in [5.74, 6) is 0.367. The molecule has 4 aliphatic rings. The van der Waals surface area contributed by atoms with Crippen molar-refractivity contribution in [2.45, 2.75) is 119 Å². The van der Waals surface area contributed by atoms with Crippen molar-refractivity contribution in [1.29, 1.82) is 0 Å². The quantitative estimate of drug-likeness (QED) is 0.0845. The molecule has 4 fully saturated rings. The molecule has 60 heavy (non-hydrogen) atoms. The summed E-state index contributed by atoms with van der Waals surface area (Å²) >= 11 is 0. The van der Waals surface area contributed by atoms with Gasteiger partial charge < -0.3 is 40.3 Å². The molecule has 0 radical (unpaired) electrons. The van der Waals surface area contributed by atoms with Gasteiger partial charge in [-0.15, -0.1) is 0 Å². The summed E-state index contributed by atoms with van der Waals surface area (Å²) in [5.41, 5.74) is 4.35. The summed E-state index contributed by atoms with van der Waals surface area (Å²) in [6.07, 6.45) is 1.28. The van der Waals surface area contributed by atoms with Gasteiger partial charge in [-0.1, -0.05) is 24.3 Å². The van der Waals surface area contributed by atoms with Gasteiger partial charge in [0.1, 0.15) is 17.7 Å². The van der Waals surface area contributed by atoms with Crippen molar-refractivity contribution in [1.82, 2.24) is 40.8 Å². The van der Waals surface area contributed by atoms with E-state index in [9.17, 15) is 45.5 Å². The van der Waals surface area contributed by atoms with Crippen LogP contribution < -0.4 is 16.0 Å². The van der Waals surface area contributed by atoms with Gasteiger partial charge in [-0.05, 0) is 80.8 Å². The molecule has 7 rings (SSSR count). The van der Waals surface area contributed by atoms with Gasteiger partial charge in [0.05, 0.1) is 45.1 Å². The minimum atomic E-state index is -4.66. The van der Waals surface area contributed by atoms with Crippen LogP contribution in [0, 0.1) is 0 Å². The van der Waals surface area contributed by atoms with Gasteiger partial charge in [-0.2, -0.15) is 26.3 Å². The van der Waals surface area contributed by atoms with E-state index in [0.717, 1.165) is 87.7 Å². The number of fused-ring (bicyclic) bond motifs is 3. The van der Waals surface area contributed by atoms with Crippen molar-refractivity contribution >= 4 is 24.0 Å². The molecule has 2 bridgehead atoms. The summed E-state index contributed by atoms with van der Waals surface area (Å²) in [7, 11) is 2.28. The number of carbonyl (C=O) groups excluding carboxylic acids is 4. The van der Waals surface area contributed by atoms with Crippen LogP contribution in [-0.2, 0) is 36.3 Å². The number of benzene rings is 1. The minimum Gasteiger partial charge on any atom is -0.453 e. The van der Waals surface area contributed by atoms with Crippen LogP contribution in [0.15, 0.2) is 36.7 Å². The Bertz CT molecular complexity index is 1900. The Morgan fingerprint density at radius 2 is 1.50 bits per heavy atom. The molecule has 330 valence electrons. The van der Waals surface area contributed by atoms with Crippen LogP contribution >= 0.6 is 0 Å². The predicted molar refractivity (Wildman–Crippen MR) is 205 cm³/mol. The van der Waals surface area contributed by atoms with Crippen LogP contribution in [0.4, 0.5) is 35.9 Å². The first-order valence-electron chi connectivity index (χ1n) is 19.9. The van der Waals surface area contributed by atoms with Crippen LogP contribution in [-0.4, -0.2) is 101 Å². The van der Waals surface area contributed by atoms with Crippen molar-refractivity contribution < 1.29 is 55.0 Å². The number of nitrogens with zero attached hydrogens (tertiary/aromatic N) is 3. The smallest absolute Gasteiger partial charge is 0.407 e. The van der Waals surface area contributed by atoms with E-state index >= 15 is 0 Å². The Labute approximate surface area is 343 Å². The Kier molecular flexibility index (Phi) is 14.8. The molecule has 4 amide bonds. The fourth-order valence-corrected chi connectivity index (χ4v) is 8.52. The fraction of sp³-hybridized carbons (Fsp3) is 0.600. The number of rotatable bonds is 14. The second-order valence-electron chi connectivity index (χ2n) is 15.7. The average Bonchev–Trinajstić information content (AvgIpc) is 4.01. The zero-order valence-corrected chi connectivity index (χ0v) is 33.8. The molecule has 0 spiro atoms. The molecule has 2 unspecified atom stereocenters. The van der Waals surface area contributed by atoms with Gasteiger partial charge in [0.2, 0.25) is 11.8 Å². The number of hydrogen-bond donors (Lipinski definition) is 5. The van der Waals surface area contributed by atoms with Crippen molar-refractivity contribution in [2.24, 2.45) is 0 Å². The van der Waals surface area contributed by atoms with E-state index in [4.69, 9.17) is 0 Å². The molecular formula is C40H52F6N8O6. The number of aryl methyl sites for hydroxylation is 1. The van der Waals surface area contributed by atoms with E-state index in [0.29, 0.717) is 25.2 Å². The summed E-state index contributed by atoms with van der Waals surface area (Å²) in [5, 5.41) is 7.18. The molecule has 2 aromatic heterocycles. The Hall–Kier alpha value is -5.30. The van der Waals surface area contributed by atoms with E-state index in [-0.39, 0.29) is 36.8 Å². The number of aromatic amines is 2. The van der Waals surface area contributed by atoms with Crippen LogP contribution in [0.2, 0.25) is 0 Å². The minimum absolute atomic E-state index is 0.0781. The van der Waals surface area contributed by atoms with Crippen LogP contribution in [0.5, 0.6) is 0 Å². The third kappa shape index (κ3) is 12.1. The zero-order valence-electron chi connectivity index (χ0n) is 33.8. The monoisotopic (exact) mass is 854 g/mol. The van der Waals surface area contributed by atoms with Gasteiger partial charge >= 0.3 is 24.5 Å². The lowest BCUT2D eigenvalue weighted by molar-refractivity contribution is -0.154. The highest BCUT2D eigenvalue weighted by Gasteiger charge is 2.51. The number of hydrogen-bond acceptors (Lipinski definition) is 8. The normalized spacial score (nSPS) is 21.7. The second kappa shape index (κ2) is 19.4. The number of halogens is 6. The molecule has 3 saturated carbocycles. The lowest BCUT2D eigenvalue weighted by atomic mass is 9.51. The second-order valence-corrected chi connectivity index (χ2v) is 15.7. The van der Waals surface area contributed by atoms with Gasteiger partial charge in [0, 0.05) is 43.7 Å². The molecule has 5 N–H and O–H groups in total. The van der Waals surface area contributed by atoms with Crippen molar-refractivity contribution in [3.63, 3.8) is 0 Å². The number of alkyl carbamates (subject to hydrolysis) is 2. The number of imidazole rings is 2. The van der Waals surface area contributed by atoms with E-state index in [2.05, 4.69) is 69.6 Å². The molecular weight excluding hydrogens is 802 g/mol. The molecule has 1 aromatic carbocycles. The summed E-state index contributed by atoms with van der Waals surface area (Å²) < 4.78 is 80.0. The number of methoxy groups -OCH3 is 2. The van der Waals surface area contributed by atoms with E-state index in [1.54, 1.807) is 0 Å². The average molecular weight is 855 g/mol. The number of likely N-dealkylation sites (tertiary alicyclic amines) is 1. The molecule has 1 aliphatic heterocycles. The van der Waals surface area contributed by atoms with Gasteiger partial charge in [-0.25, -0.2) is 19.6 Å². The number of unbranched alkanes of at least 4 members (excludes halogenated alkanes) is 1. The predicted octanol–water partition coefficient (Wildman–Crippen LogP) is 7.05. The van der Waals surface area contributed by atoms with E-state index in [1.807, 2.05) is 12.4 Å². The zero-order chi connectivity index (χ0) is 43.7. The van der Waals surface area contributed by atoms with Gasteiger partial charge in [0.25, 0.3) is 0 Å². The molecule has 3 aliphatic carbocycles. The van der Waals surface area contributed by atoms with Crippen molar-refractivity contribution in [3.05, 3.63) is 59.6 Å². The van der Waals surface area contributed by atoms with Crippen LogP contribution in [0.1, 0.15) is 107 Å². The fourth-order valence-electron chi connectivity index (χ4n) is 8.52. The summed E-state index contributed by atoms with van der Waals surface area (Å²) in [6, 6.07) is 6.45. The van der Waals surface area contributed by atoms with Gasteiger partial charge in [-0.3, -0.25) is 9.59 Å². The number of carbonyl (C=O) groups is 4. The Morgan fingerprint density at radius 3 is 2.12 bits per heavy atom. The Balaban J connectivity index is 0.00000129. The summed E-state index contributed by atoms with van der Waals surface area (Å²) in [6.45, 7) is 0.831. The molecule has 2 atom stereocenters. The molecule has 14 nitrogen and oxygen atoms in total. The first-order chi connectivity index (χ1) is 28.3. The van der Waals surface area contributed by atoms with E-state index in [1.165, 1.54) is 17.6 Å². The van der Waals surface area contributed by atoms with Crippen molar-refractivity contribution in [3.8, 4) is 11.3 Å². The molecule has 3 heterocycles. The summed E-state index contributed by atoms with van der Waals surface area (Å²) in [4.78, 5) is 65.6.